The lowest BCUT2D eigenvalue weighted by atomic mass is 9.89. The number of Topliss-reactive ketones (excluding diaryl/α,β-unsaturated/α-hetero) is 1. The zero-order valence-electron chi connectivity index (χ0n) is 25.7. The molecule has 2 rings (SSSR count). The number of carbonyl (C=O) groups is 3. The van der Waals surface area contributed by atoms with E-state index in [0.29, 0.717) is 37.0 Å². The number of amides is 1. The van der Waals surface area contributed by atoms with E-state index in [1.807, 2.05) is 19.9 Å². The largest absolute Gasteiger partial charge is 0.595 e. The van der Waals surface area contributed by atoms with Gasteiger partial charge in [-0.3, -0.25) is 9.59 Å². The Balaban J connectivity index is 1.69. The van der Waals surface area contributed by atoms with Gasteiger partial charge in [0.05, 0.1) is 6.10 Å². The maximum Gasteiger partial charge on any atom is 0.328 e. The fourth-order valence-corrected chi connectivity index (χ4v) is 5.46. The first-order valence-electron chi connectivity index (χ1n) is 15.8. The molecule has 2 unspecified atom stereocenters. The second kappa shape index (κ2) is 19.6. The van der Waals surface area contributed by atoms with Gasteiger partial charge in [0.25, 0.3) is 0 Å². The molecule has 1 aromatic rings. The van der Waals surface area contributed by atoms with Gasteiger partial charge in [-0.25, -0.2) is 10.0 Å². The van der Waals surface area contributed by atoms with E-state index in [4.69, 9.17) is 9.94 Å². The molecule has 0 heterocycles. The van der Waals surface area contributed by atoms with Crippen LogP contribution in [0.2, 0.25) is 0 Å². The minimum Gasteiger partial charge on any atom is -0.595 e. The lowest BCUT2D eigenvalue weighted by molar-refractivity contribution is -0.991. The second-order valence-electron chi connectivity index (χ2n) is 12.0. The molecule has 1 saturated carbocycles. The van der Waals surface area contributed by atoms with Crippen molar-refractivity contribution in [2.75, 3.05) is 0 Å². The van der Waals surface area contributed by atoms with Gasteiger partial charge in [-0.15, -0.1) is 0 Å². The molecule has 9 heteroatoms. The molecular formula is C33H52N2O7. The van der Waals surface area contributed by atoms with Crippen LogP contribution in [0.25, 0.3) is 0 Å². The molecule has 4 N–H and O–H groups in total. The Hall–Kier alpha value is -2.59. The molecule has 42 heavy (non-hydrogen) atoms. The Labute approximate surface area is 251 Å². The van der Waals surface area contributed by atoms with Crippen LogP contribution in [0.15, 0.2) is 36.4 Å². The summed E-state index contributed by atoms with van der Waals surface area (Å²) in [7, 11) is 0. The van der Waals surface area contributed by atoms with E-state index in [-0.39, 0.29) is 36.0 Å². The van der Waals surface area contributed by atoms with E-state index in [2.05, 4.69) is 18.3 Å². The van der Waals surface area contributed by atoms with Crippen molar-refractivity contribution in [2.24, 2.45) is 17.8 Å². The average Bonchev–Trinajstić information content (AvgIpc) is 3.30. The highest BCUT2D eigenvalue weighted by Crippen LogP contribution is 2.34. The predicted molar refractivity (Wildman–Crippen MR) is 162 cm³/mol. The molecule has 0 saturated heterocycles. The minimum absolute atomic E-state index is 0.00286. The molecule has 0 aromatic heterocycles. The number of rotatable bonds is 20. The topological polar surface area (TPSA) is 140 Å². The van der Waals surface area contributed by atoms with E-state index in [1.165, 1.54) is 12.1 Å². The number of unbranched alkanes of at least 4 members (excludes halogenated alkanes) is 5. The SMILES string of the molecule is CCCCC[C@H](O)/C=C/[C@H]1CCC(=O)[C@@H]1CCCCCCC(=O)NC(CC(C)C)C(=O)OCc1ccc([NH+]([O-])O)cc1. The summed E-state index contributed by atoms with van der Waals surface area (Å²) in [6.45, 7) is 6.10. The second-order valence-corrected chi connectivity index (χ2v) is 12.0. The number of allylic oxidation sites excluding steroid dienone is 1. The highest BCUT2D eigenvalue weighted by molar-refractivity contribution is 5.84. The fourth-order valence-electron chi connectivity index (χ4n) is 5.46. The molecule has 9 nitrogen and oxygen atoms in total. The molecule has 1 aliphatic rings. The number of ether oxygens (including phenoxy) is 1. The van der Waals surface area contributed by atoms with Crippen molar-refractivity contribution in [2.45, 2.75) is 123 Å². The maximum atomic E-state index is 12.7. The van der Waals surface area contributed by atoms with Gasteiger partial charge in [-0.1, -0.05) is 71.4 Å². The van der Waals surface area contributed by atoms with Gasteiger partial charge < -0.3 is 20.4 Å². The van der Waals surface area contributed by atoms with Crippen molar-refractivity contribution >= 4 is 23.3 Å². The standard InChI is InChI=1S/C33H52N2O7/c1-4-5-8-11-28(36)20-16-26-17-21-31(37)29(26)12-9-6-7-10-13-32(38)34-30(22-24(2)3)33(39)42-23-25-14-18-27(19-15-25)35(40)41/h14-16,18-20,24,26,28-30,35-36,40H,4-13,17,21-23H2,1-3H3,(H,34,38)/b20-16+/t26-,28-,29+,30?/m0/s1. The van der Waals surface area contributed by atoms with Crippen LogP contribution >= 0.6 is 0 Å². The van der Waals surface area contributed by atoms with Gasteiger partial charge in [0.2, 0.25) is 5.91 Å². The number of benzene rings is 1. The summed E-state index contributed by atoms with van der Waals surface area (Å²) in [4.78, 5) is 37.8. The lowest BCUT2D eigenvalue weighted by Crippen LogP contribution is -2.99. The van der Waals surface area contributed by atoms with Gasteiger partial charge in [-0.05, 0) is 61.6 Å². The summed E-state index contributed by atoms with van der Waals surface area (Å²) in [5.74, 6) is 0.0646. The molecule has 1 aromatic carbocycles. The Morgan fingerprint density at radius 1 is 1.12 bits per heavy atom. The summed E-state index contributed by atoms with van der Waals surface area (Å²) in [6.07, 6.45) is 14.1. The molecule has 5 atom stereocenters. The highest BCUT2D eigenvalue weighted by atomic mass is 16.8. The first-order chi connectivity index (χ1) is 20.1. The Morgan fingerprint density at radius 3 is 2.50 bits per heavy atom. The van der Waals surface area contributed by atoms with Crippen LogP contribution in [-0.4, -0.2) is 40.1 Å². The smallest absolute Gasteiger partial charge is 0.328 e. The number of carbonyl (C=O) groups excluding carboxylic acids is 3. The third-order valence-electron chi connectivity index (χ3n) is 7.92. The van der Waals surface area contributed by atoms with Crippen LogP contribution in [0.5, 0.6) is 0 Å². The van der Waals surface area contributed by atoms with Gasteiger partial charge >= 0.3 is 5.97 Å². The third-order valence-corrected chi connectivity index (χ3v) is 7.92. The number of esters is 1. The van der Waals surface area contributed by atoms with Crippen molar-refractivity contribution in [3.05, 3.63) is 47.2 Å². The summed E-state index contributed by atoms with van der Waals surface area (Å²) < 4.78 is 5.42. The van der Waals surface area contributed by atoms with Crippen LogP contribution in [0.4, 0.5) is 5.69 Å². The summed E-state index contributed by atoms with van der Waals surface area (Å²) in [5, 5.41) is 32.0. The molecule has 0 bridgehead atoms. The summed E-state index contributed by atoms with van der Waals surface area (Å²) >= 11 is 0. The summed E-state index contributed by atoms with van der Waals surface area (Å²) in [6, 6.07) is 5.39. The molecule has 1 fully saturated rings. The van der Waals surface area contributed by atoms with E-state index in [1.54, 1.807) is 12.1 Å². The average molecular weight is 589 g/mol. The van der Waals surface area contributed by atoms with Crippen molar-refractivity contribution in [3.8, 4) is 0 Å². The number of aliphatic hydroxyl groups excluding tert-OH is 1. The Kier molecular flexibility index (Phi) is 16.6. The Morgan fingerprint density at radius 2 is 1.83 bits per heavy atom. The first kappa shape index (κ1) is 35.6. The van der Waals surface area contributed by atoms with Crippen LogP contribution in [0.1, 0.15) is 110 Å². The van der Waals surface area contributed by atoms with E-state index in [9.17, 15) is 24.7 Å². The normalized spacial score (nSPS) is 19.3. The molecule has 1 amide bonds. The third kappa shape index (κ3) is 13.6. The number of ketones is 1. The number of aliphatic hydroxyl groups is 1. The van der Waals surface area contributed by atoms with Crippen LogP contribution < -0.4 is 10.5 Å². The molecule has 0 spiro atoms. The molecular weight excluding hydrogens is 536 g/mol. The van der Waals surface area contributed by atoms with Crippen LogP contribution in [0, 0.1) is 23.0 Å². The monoisotopic (exact) mass is 588 g/mol. The van der Waals surface area contributed by atoms with Crippen molar-refractivity contribution in [1.82, 2.24) is 5.32 Å². The van der Waals surface area contributed by atoms with Gasteiger partial charge in [0.1, 0.15) is 18.4 Å². The summed E-state index contributed by atoms with van der Waals surface area (Å²) in [5.41, 5.74) is 0.831. The molecule has 1 aliphatic carbocycles. The zero-order chi connectivity index (χ0) is 30.9. The highest BCUT2D eigenvalue weighted by Gasteiger charge is 2.32. The lowest BCUT2D eigenvalue weighted by Gasteiger charge is -2.19. The van der Waals surface area contributed by atoms with Crippen molar-refractivity contribution in [1.29, 1.82) is 0 Å². The number of hydrogen-bond donors (Lipinski definition) is 4. The van der Waals surface area contributed by atoms with Crippen LogP contribution in [0.3, 0.4) is 0 Å². The quantitative estimate of drug-likeness (QED) is 0.0719. The maximum absolute atomic E-state index is 12.7. The van der Waals surface area contributed by atoms with E-state index < -0.39 is 23.3 Å². The van der Waals surface area contributed by atoms with Gasteiger partial charge in [0, 0.05) is 30.9 Å². The predicted octanol–water partition coefficient (Wildman–Crippen LogP) is 5.10. The van der Waals surface area contributed by atoms with E-state index >= 15 is 0 Å². The molecule has 0 aliphatic heterocycles. The first-order valence-corrected chi connectivity index (χ1v) is 15.8. The molecule has 0 radical (unpaired) electrons. The zero-order valence-corrected chi connectivity index (χ0v) is 25.7. The fraction of sp³-hybridized carbons (Fsp3) is 0.667. The minimum atomic E-state index is -1.02. The van der Waals surface area contributed by atoms with Crippen molar-refractivity contribution < 1.29 is 34.7 Å². The number of hydrogen-bond acceptors (Lipinski definition) is 7. The Bertz CT molecular complexity index is 977. The van der Waals surface area contributed by atoms with Crippen LogP contribution in [-0.2, 0) is 25.7 Å². The van der Waals surface area contributed by atoms with Crippen molar-refractivity contribution in [3.63, 3.8) is 0 Å². The number of nitrogens with one attached hydrogen (secondary N) is 2. The van der Waals surface area contributed by atoms with Gasteiger partial charge in [0.15, 0.2) is 5.69 Å². The van der Waals surface area contributed by atoms with Gasteiger partial charge in [-0.2, -0.15) is 5.23 Å². The van der Waals surface area contributed by atoms with E-state index in [0.717, 1.165) is 57.8 Å². The number of quaternary nitrogens is 1. The molecule has 236 valence electrons.